The van der Waals surface area contributed by atoms with Crippen LogP contribution in [0.25, 0.3) is 5.82 Å². The number of nitrogens with one attached hydrogen (secondary N) is 2. The average Bonchev–Trinajstić information content (AvgIpc) is 3.12. The van der Waals surface area contributed by atoms with Crippen molar-refractivity contribution in [3.05, 3.63) is 54.9 Å². The number of carbonyl (C=O) groups excluding carboxylic acids is 1. The lowest BCUT2D eigenvalue weighted by atomic mass is 10.2. The second-order valence-electron chi connectivity index (χ2n) is 3.80. The lowest BCUT2D eigenvalue weighted by Crippen LogP contribution is -2.12. The quantitative estimate of drug-likeness (QED) is 0.736. The van der Waals surface area contributed by atoms with E-state index in [9.17, 15) is 4.79 Å². The zero-order chi connectivity index (χ0) is 13.1. The van der Waals surface area contributed by atoms with Gasteiger partial charge in [0.15, 0.2) is 0 Å². The first kappa shape index (κ1) is 11.1. The number of amides is 1. The van der Waals surface area contributed by atoms with Crippen LogP contribution in [0.3, 0.4) is 0 Å². The molecule has 0 bridgehead atoms. The highest BCUT2D eigenvalue weighted by molar-refractivity contribution is 6.03. The van der Waals surface area contributed by atoms with Crippen LogP contribution in [0.2, 0.25) is 0 Å². The van der Waals surface area contributed by atoms with Crippen LogP contribution >= 0.6 is 0 Å². The maximum atomic E-state index is 11.9. The Bertz CT molecular complexity index is 657. The molecule has 94 valence electrons. The van der Waals surface area contributed by atoms with E-state index in [1.165, 1.54) is 6.20 Å². The van der Waals surface area contributed by atoms with Crippen LogP contribution in [-0.2, 0) is 0 Å². The number of hydrogen-bond acceptors (Lipinski definition) is 4. The van der Waals surface area contributed by atoms with Crippen molar-refractivity contribution < 1.29 is 4.79 Å². The molecule has 1 amide bonds. The summed E-state index contributed by atoms with van der Waals surface area (Å²) in [5.41, 5.74) is 0.471. The molecule has 0 fully saturated rings. The number of aromatic nitrogens is 5. The number of imidazole rings is 1. The molecular formula is C12H10N6O. The van der Waals surface area contributed by atoms with E-state index >= 15 is 0 Å². The van der Waals surface area contributed by atoms with Crippen molar-refractivity contribution in [3.63, 3.8) is 0 Å². The molecule has 7 heteroatoms. The molecule has 0 spiro atoms. The number of anilines is 1. The van der Waals surface area contributed by atoms with Gasteiger partial charge < -0.3 is 5.32 Å². The van der Waals surface area contributed by atoms with Gasteiger partial charge >= 0.3 is 0 Å². The number of nitrogens with zero attached hydrogens (tertiary/aromatic N) is 4. The Morgan fingerprint density at radius 1 is 1.26 bits per heavy atom. The van der Waals surface area contributed by atoms with Gasteiger partial charge in [0.2, 0.25) is 0 Å². The van der Waals surface area contributed by atoms with Crippen LogP contribution in [0.15, 0.2) is 49.3 Å². The van der Waals surface area contributed by atoms with E-state index in [-0.39, 0.29) is 5.91 Å². The van der Waals surface area contributed by atoms with E-state index < -0.39 is 0 Å². The Morgan fingerprint density at radius 3 is 2.84 bits per heavy atom. The fraction of sp³-hybridized carbons (Fsp3) is 0. The third kappa shape index (κ3) is 2.34. The Labute approximate surface area is 108 Å². The number of aromatic amines is 1. The molecule has 0 aliphatic rings. The summed E-state index contributed by atoms with van der Waals surface area (Å²) >= 11 is 0. The molecule has 0 atom stereocenters. The van der Waals surface area contributed by atoms with E-state index in [0.717, 1.165) is 0 Å². The molecule has 3 rings (SSSR count). The number of H-pyrrole nitrogens is 1. The maximum Gasteiger partial charge on any atom is 0.258 e. The van der Waals surface area contributed by atoms with Gasteiger partial charge in [0, 0.05) is 24.7 Å². The smallest absolute Gasteiger partial charge is 0.258 e. The molecule has 0 saturated carbocycles. The van der Waals surface area contributed by atoms with Gasteiger partial charge in [-0.25, -0.2) is 9.97 Å². The molecule has 2 N–H and O–H groups in total. The minimum atomic E-state index is -0.242. The van der Waals surface area contributed by atoms with Gasteiger partial charge in [0.05, 0.1) is 11.8 Å². The van der Waals surface area contributed by atoms with Crippen LogP contribution in [0.4, 0.5) is 5.82 Å². The van der Waals surface area contributed by atoms with Gasteiger partial charge in [-0.05, 0) is 12.1 Å². The fourth-order valence-electron chi connectivity index (χ4n) is 1.59. The molecule has 0 aliphatic heterocycles. The molecule has 3 aromatic heterocycles. The van der Waals surface area contributed by atoms with Gasteiger partial charge in [-0.3, -0.25) is 14.5 Å². The topological polar surface area (TPSA) is 88.5 Å². The van der Waals surface area contributed by atoms with Crippen LogP contribution < -0.4 is 5.32 Å². The van der Waals surface area contributed by atoms with Crippen molar-refractivity contribution in [2.75, 3.05) is 5.32 Å². The van der Waals surface area contributed by atoms with Crippen LogP contribution in [-0.4, -0.2) is 30.6 Å². The summed E-state index contributed by atoms with van der Waals surface area (Å²) < 4.78 is 1.76. The fourth-order valence-corrected chi connectivity index (χ4v) is 1.59. The van der Waals surface area contributed by atoms with Gasteiger partial charge in [-0.2, -0.15) is 5.10 Å². The lowest BCUT2D eigenvalue weighted by molar-refractivity contribution is 0.102. The van der Waals surface area contributed by atoms with Gasteiger partial charge in [0.25, 0.3) is 5.91 Å². The van der Waals surface area contributed by atoms with E-state index in [1.807, 2.05) is 0 Å². The summed E-state index contributed by atoms with van der Waals surface area (Å²) in [6.07, 6.45) is 8.18. The van der Waals surface area contributed by atoms with Crippen LogP contribution in [0, 0.1) is 0 Å². The zero-order valence-corrected chi connectivity index (χ0v) is 9.82. The van der Waals surface area contributed by atoms with E-state index in [2.05, 4.69) is 25.5 Å². The minimum absolute atomic E-state index is 0.242. The number of rotatable bonds is 3. The lowest BCUT2D eigenvalue weighted by Gasteiger charge is -2.04. The summed E-state index contributed by atoms with van der Waals surface area (Å²) in [5, 5.41) is 9.08. The number of hydrogen-bond donors (Lipinski definition) is 2. The Morgan fingerprint density at radius 2 is 2.21 bits per heavy atom. The molecule has 19 heavy (non-hydrogen) atoms. The van der Waals surface area contributed by atoms with E-state index in [4.69, 9.17) is 0 Å². The predicted octanol–water partition coefficient (Wildman–Crippen LogP) is 1.24. The standard InChI is InChI=1S/C12H10N6O/c19-12(16-10-3-4-15-17-10)9-1-2-11(14-7-9)18-6-5-13-8-18/h1-8H,(H2,15,16,17,19). The molecule has 0 aromatic carbocycles. The third-order valence-electron chi connectivity index (χ3n) is 2.53. The largest absolute Gasteiger partial charge is 0.307 e. The Hall–Kier alpha value is -2.96. The summed E-state index contributed by atoms with van der Waals surface area (Å²) in [4.78, 5) is 20.0. The highest BCUT2D eigenvalue weighted by atomic mass is 16.1. The van der Waals surface area contributed by atoms with Crippen LogP contribution in [0.5, 0.6) is 0 Å². The summed E-state index contributed by atoms with van der Waals surface area (Å²) in [7, 11) is 0. The normalized spacial score (nSPS) is 10.3. The first-order chi connectivity index (χ1) is 9.33. The monoisotopic (exact) mass is 254 g/mol. The van der Waals surface area contributed by atoms with Crippen molar-refractivity contribution in [1.82, 2.24) is 24.7 Å². The summed E-state index contributed by atoms with van der Waals surface area (Å²) in [6.45, 7) is 0. The van der Waals surface area contributed by atoms with E-state index in [0.29, 0.717) is 17.2 Å². The Balaban J connectivity index is 1.77. The number of carbonyl (C=O) groups is 1. The molecule has 7 nitrogen and oxygen atoms in total. The average molecular weight is 254 g/mol. The van der Waals surface area contributed by atoms with Gasteiger partial charge in [0.1, 0.15) is 18.0 Å². The first-order valence-corrected chi connectivity index (χ1v) is 5.58. The van der Waals surface area contributed by atoms with Crippen molar-refractivity contribution >= 4 is 11.7 Å². The maximum absolute atomic E-state index is 11.9. The van der Waals surface area contributed by atoms with E-state index in [1.54, 1.807) is 47.7 Å². The molecule has 0 aliphatic carbocycles. The van der Waals surface area contributed by atoms with Gasteiger partial charge in [-0.1, -0.05) is 0 Å². The molecule has 0 unspecified atom stereocenters. The first-order valence-electron chi connectivity index (χ1n) is 5.58. The van der Waals surface area contributed by atoms with Crippen LogP contribution in [0.1, 0.15) is 10.4 Å². The summed E-state index contributed by atoms with van der Waals surface area (Å²) in [5.74, 6) is 1.01. The summed E-state index contributed by atoms with van der Waals surface area (Å²) in [6, 6.07) is 5.13. The highest BCUT2D eigenvalue weighted by Crippen LogP contribution is 2.07. The second kappa shape index (κ2) is 4.73. The molecule has 0 saturated heterocycles. The van der Waals surface area contributed by atoms with Crippen molar-refractivity contribution in [3.8, 4) is 5.82 Å². The van der Waals surface area contributed by atoms with Crippen molar-refractivity contribution in [1.29, 1.82) is 0 Å². The SMILES string of the molecule is O=C(Nc1ccn[nH]1)c1ccc(-n2ccnc2)nc1. The number of pyridine rings is 1. The van der Waals surface area contributed by atoms with Gasteiger partial charge in [-0.15, -0.1) is 0 Å². The molecule has 0 radical (unpaired) electrons. The molecule has 3 heterocycles. The third-order valence-corrected chi connectivity index (χ3v) is 2.53. The highest BCUT2D eigenvalue weighted by Gasteiger charge is 2.07. The second-order valence-corrected chi connectivity index (χ2v) is 3.80. The van der Waals surface area contributed by atoms with Crippen molar-refractivity contribution in [2.45, 2.75) is 0 Å². The minimum Gasteiger partial charge on any atom is -0.307 e. The molecule has 3 aromatic rings. The zero-order valence-electron chi connectivity index (χ0n) is 9.82. The predicted molar refractivity (Wildman–Crippen MR) is 67.9 cm³/mol. The molecular weight excluding hydrogens is 244 g/mol. The Kier molecular flexibility index (Phi) is 2.77. The van der Waals surface area contributed by atoms with Crippen molar-refractivity contribution in [2.24, 2.45) is 0 Å².